The Hall–Kier alpha value is -2.33. The van der Waals surface area contributed by atoms with Gasteiger partial charge in [-0.15, -0.1) is 0 Å². The molecule has 5 heteroatoms. The van der Waals surface area contributed by atoms with Crippen molar-refractivity contribution in [1.29, 1.82) is 0 Å². The van der Waals surface area contributed by atoms with E-state index in [9.17, 15) is 9.59 Å². The standard InChI is InChI=1S/C22H27ClN2O2/c1-3-20(22(27)24-4-2)25(15-14-17-10-6-5-7-11-17)21(26)16-18-12-8-9-13-19(18)23/h5-13,20H,3-4,14-16H2,1-2H3,(H,24,27)/t20-/m0/s1. The smallest absolute Gasteiger partial charge is 0.242 e. The second-order valence-corrected chi connectivity index (χ2v) is 6.82. The summed E-state index contributed by atoms with van der Waals surface area (Å²) >= 11 is 6.22. The van der Waals surface area contributed by atoms with Crippen molar-refractivity contribution in [3.05, 3.63) is 70.7 Å². The Morgan fingerprint density at radius 2 is 1.70 bits per heavy atom. The lowest BCUT2D eigenvalue weighted by Crippen LogP contribution is -2.50. The lowest BCUT2D eigenvalue weighted by atomic mass is 10.1. The van der Waals surface area contributed by atoms with Crippen molar-refractivity contribution in [2.75, 3.05) is 13.1 Å². The molecule has 0 heterocycles. The molecular weight excluding hydrogens is 360 g/mol. The zero-order valence-electron chi connectivity index (χ0n) is 16.0. The van der Waals surface area contributed by atoms with Crippen LogP contribution in [0, 0.1) is 0 Å². The first-order valence-corrected chi connectivity index (χ1v) is 9.79. The average molecular weight is 387 g/mol. The van der Waals surface area contributed by atoms with Crippen LogP contribution in [0.2, 0.25) is 5.02 Å². The lowest BCUT2D eigenvalue weighted by Gasteiger charge is -2.30. The summed E-state index contributed by atoms with van der Waals surface area (Å²) in [6, 6.07) is 16.8. The van der Waals surface area contributed by atoms with Crippen molar-refractivity contribution in [3.8, 4) is 0 Å². The van der Waals surface area contributed by atoms with Crippen LogP contribution in [0.1, 0.15) is 31.4 Å². The van der Waals surface area contributed by atoms with E-state index in [2.05, 4.69) is 5.32 Å². The summed E-state index contributed by atoms with van der Waals surface area (Å²) in [6.07, 6.45) is 1.45. The lowest BCUT2D eigenvalue weighted by molar-refractivity contribution is -0.140. The van der Waals surface area contributed by atoms with Crippen LogP contribution in [0.3, 0.4) is 0 Å². The molecule has 144 valence electrons. The fourth-order valence-electron chi connectivity index (χ4n) is 3.09. The number of rotatable bonds is 9. The van der Waals surface area contributed by atoms with E-state index in [1.54, 1.807) is 11.0 Å². The van der Waals surface area contributed by atoms with Crippen LogP contribution in [-0.2, 0) is 22.4 Å². The van der Waals surface area contributed by atoms with E-state index in [-0.39, 0.29) is 18.2 Å². The quantitative estimate of drug-likeness (QED) is 0.711. The molecule has 27 heavy (non-hydrogen) atoms. The molecule has 1 atom stereocenters. The Labute approximate surface area is 166 Å². The Bertz CT molecular complexity index is 749. The van der Waals surface area contributed by atoms with Gasteiger partial charge in [0.25, 0.3) is 0 Å². The second kappa shape index (κ2) is 10.7. The van der Waals surface area contributed by atoms with Crippen molar-refractivity contribution < 1.29 is 9.59 Å². The van der Waals surface area contributed by atoms with Gasteiger partial charge in [-0.25, -0.2) is 0 Å². The topological polar surface area (TPSA) is 49.4 Å². The number of amides is 2. The van der Waals surface area contributed by atoms with E-state index in [0.29, 0.717) is 31.0 Å². The average Bonchev–Trinajstić information content (AvgIpc) is 2.67. The minimum Gasteiger partial charge on any atom is -0.355 e. The normalized spacial score (nSPS) is 11.7. The van der Waals surface area contributed by atoms with Crippen molar-refractivity contribution in [1.82, 2.24) is 10.2 Å². The van der Waals surface area contributed by atoms with Gasteiger partial charge in [0.2, 0.25) is 11.8 Å². The van der Waals surface area contributed by atoms with E-state index < -0.39 is 6.04 Å². The van der Waals surface area contributed by atoms with E-state index in [0.717, 1.165) is 11.1 Å². The molecule has 1 N–H and O–H groups in total. The summed E-state index contributed by atoms with van der Waals surface area (Å²) in [5.74, 6) is -0.197. The summed E-state index contributed by atoms with van der Waals surface area (Å²) in [5, 5.41) is 3.42. The van der Waals surface area contributed by atoms with Gasteiger partial charge < -0.3 is 10.2 Å². The number of benzene rings is 2. The molecule has 0 aliphatic rings. The summed E-state index contributed by atoms with van der Waals surface area (Å²) in [6.45, 7) is 4.84. The molecule has 0 radical (unpaired) electrons. The number of nitrogens with zero attached hydrogens (tertiary/aromatic N) is 1. The Morgan fingerprint density at radius 3 is 2.33 bits per heavy atom. The fourth-order valence-corrected chi connectivity index (χ4v) is 3.30. The highest BCUT2D eigenvalue weighted by Gasteiger charge is 2.28. The molecule has 0 fully saturated rings. The number of halogens is 1. The van der Waals surface area contributed by atoms with Crippen molar-refractivity contribution >= 4 is 23.4 Å². The number of hydrogen-bond donors (Lipinski definition) is 1. The Morgan fingerprint density at radius 1 is 1.04 bits per heavy atom. The molecule has 0 saturated carbocycles. The summed E-state index contributed by atoms with van der Waals surface area (Å²) < 4.78 is 0. The predicted octanol–water partition coefficient (Wildman–Crippen LogP) is 3.87. The highest BCUT2D eigenvalue weighted by atomic mass is 35.5. The Balaban J connectivity index is 2.20. The largest absolute Gasteiger partial charge is 0.355 e. The van der Waals surface area contributed by atoms with Crippen molar-refractivity contribution in [2.45, 2.75) is 39.2 Å². The van der Waals surface area contributed by atoms with Crippen LogP contribution >= 0.6 is 11.6 Å². The third-order valence-corrected chi connectivity index (χ3v) is 4.89. The van der Waals surface area contributed by atoms with Gasteiger partial charge in [-0.05, 0) is 37.0 Å². The zero-order chi connectivity index (χ0) is 19.6. The number of carbonyl (C=O) groups is 2. The number of nitrogens with one attached hydrogen (secondary N) is 1. The molecule has 0 saturated heterocycles. The Kier molecular flexibility index (Phi) is 8.34. The van der Waals surface area contributed by atoms with Gasteiger partial charge in [-0.2, -0.15) is 0 Å². The van der Waals surface area contributed by atoms with E-state index in [1.807, 2.05) is 62.4 Å². The molecule has 2 aromatic carbocycles. The maximum absolute atomic E-state index is 13.1. The van der Waals surface area contributed by atoms with E-state index in [1.165, 1.54) is 0 Å². The van der Waals surface area contributed by atoms with Crippen LogP contribution < -0.4 is 5.32 Å². The molecule has 0 bridgehead atoms. The first-order valence-electron chi connectivity index (χ1n) is 9.41. The minimum absolute atomic E-state index is 0.0860. The summed E-state index contributed by atoms with van der Waals surface area (Å²) in [5.41, 5.74) is 1.92. The van der Waals surface area contributed by atoms with Gasteiger partial charge >= 0.3 is 0 Å². The van der Waals surface area contributed by atoms with Crippen LogP contribution in [0.4, 0.5) is 0 Å². The molecule has 0 spiro atoms. The molecule has 0 aliphatic carbocycles. The molecule has 2 rings (SSSR count). The monoisotopic (exact) mass is 386 g/mol. The molecule has 4 nitrogen and oxygen atoms in total. The van der Waals surface area contributed by atoms with Gasteiger partial charge in [0, 0.05) is 18.1 Å². The van der Waals surface area contributed by atoms with Crippen LogP contribution in [0.5, 0.6) is 0 Å². The maximum Gasteiger partial charge on any atom is 0.242 e. The molecule has 0 aliphatic heterocycles. The third kappa shape index (κ3) is 6.10. The van der Waals surface area contributed by atoms with Gasteiger partial charge in [0.15, 0.2) is 0 Å². The van der Waals surface area contributed by atoms with Crippen molar-refractivity contribution in [2.24, 2.45) is 0 Å². The molecule has 0 unspecified atom stereocenters. The molecule has 2 aromatic rings. The van der Waals surface area contributed by atoms with Gasteiger partial charge in [-0.1, -0.05) is 67.1 Å². The number of carbonyl (C=O) groups excluding carboxylic acids is 2. The van der Waals surface area contributed by atoms with Gasteiger partial charge in [0.1, 0.15) is 6.04 Å². The van der Waals surface area contributed by atoms with Gasteiger partial charge in [0.05, 0.1) is 6.42 Å². The highest BCUT2D eigenvalue weighted by Crippen LogP contribution is 2.18. The third-order valence-electron chi connectivity index (χ3n) is 4.52. The number of likely N-dealkylation sites (N-methyl/N-ethyl adjacent to an activating group) is 1. The fraction of sp³-hybridized carbons (Fsp3) is 0.364. The van der Waals surface area contributed by atoms with Crippen molar-refractivity contribution in [3.63, 3.8) is 0 Å². The minimum atomic E-state index is -0.483. The van der Waals surface area contributed by atoms with E-state index >= 15 is 0 Å². The summed E-state index contributed by atoms with van der Waals surface area (Å²) in [7, 11) is 0. The van der Waals surface area contributed by atoms with Crippen LogP contribution in [0.25, 0.3) is 0 Å². The maximum atomic E-state index is 13.1. The first-order chi connectivity index (χ1) is 13.1. The molecular formula is C22H27ClN2O2. The second-order valence-electron chi connectivity index (χ2n) is 6.41. The first kappa shape index (κ1) is 21.0. The molecule has 0 aromatic heterocycles. The zero-order valence-corrected chi connectivity index (χ0v) is 16.7. The van der Waals surface area contributed by atoms with Crippen LogP contribution in [0.15, 0.2) is 54.6 Å². The van der Waals surface area contributed by atoms with E-state index in [4.69, 9.17) is 11.6 Å². The van der Waals surface area contributed by atoms with Crippen LogP contribution in [-0.4, -0.2) is 35.8 Å². The number of hydrogen-bond acceptors (Lipinski definition) is 2. The highest BCUT2D eigenvalue weighted by molar-refractivity contribution is 6.31. The predicted molar refractivity (Wildman–Crippen MR) is 110 cm³/mol. The molecule has 2 amide bonds. The summed E-state index contributed by atoms with van der Waals surface area (Å²) in [4.78, 5) is 27.3. The van der Waals surface area contributed by atoms with Gasteiger partial charge in [-0.3, -0.25) is 9.59 Å². The SMILES string of the molecule is CCNC(=O)[C@H](CC)N(CCc1ccccc1)C(=O)Cc1ccccc1Cl.